The predicted octanol–water partition coefficient (Wildman–Crippen LogP) is 4.43. The molecule has 0 unspecified atom stereocenters. The summed E-state index contributed by atoms with van der Waals surface area (Å²) in [5, 5.41) is 7.00. The largest absolute Gasteiger partial charge is 0.358 e. The molecule has 0 aliphatic heterocycles. The van der Waals surface area contributed by atoms with Crippen LogP contribution in [0.1, 0.15) is 27.7 Å². The molecule has 0 saturated carbocycles. The summed E-state index contributed by atoms with van der Waals surface area (Å²) in [6.07, 6.45) is 4.79. The van der Waals surface area contributed by atoms with Gasteiger partial charge in [0, 0.05) is 45.1 Å². The molecule has 0 spiro atoms. The molecule has 0 amide bonds. The van der Waals surface area contributed by atoms with Crippen LogP contribution in [-0.4, -0.2) is 0 Å². The van der Waals surface area contributed by atoms with Crippen LogP contribution in [0.2, 0.25) is 0 Å². The molecule has 0 heterocycles. The van der Waals surface area contributed by atoms with E-state index in [2.05, 4.69) is 23.7 Å². The van der Waals surface area contributed by atoms with Crippen LogP contribution in [0.4, 0.5) is 0 Å². The predicted molar refractivity (Wildman–Crippen MR) is 58.7 cm³/mol. The molecule has 0 saturated heterocycles. The van der Waals surface area contributed by atoms with Gasteiger partial charge in [-0.25, -0.2) is 0 Å². The van der Waals surface area contributed by atoms with Crippen LogP contribution in [0.25, 0.3) is 0 Å². The van der Waals surface area contributed by atoms with Crippen molar-refractivity contribution < 1.29 is 32.7 Å². The van der Waals surface area contributed by atoms with Crippen molar-refractivity contribution in [2.24, 2.45) is 10.2 Å². The first-order valence-electron chi connectivity index (χ1n) is 3.74. The number of allylic oxidation sites excluding steroid dienone is 1. The third kappa shape index (κ3) is 72.2. The third-order valence-corrected chi connectivity index (χ3v) is 0.364. The van der Waals surface area contributed by atoms with E-state index in [1.165, 1.54) is 6.20 Å². The monoisotopic (exact) mass is 259 g/mol. The van der Waals surface area contributed by atoms with Crippen LogP contribution in [0.15, 0.2) is 35.3 Å². The van der Waals surface area contributed by atoms with Crippen molar-refractivity contribution >= 4 is 0 Å². The van der Waals surface area contributed by atoms with E-state index in [0.717, 1.165) is 0 Å². The molecule has 0 aromatic carbocycles. The summed E-state index contributed by atoms with van der Waals surface area (Å²) in [4.78, 5) is 0. The summed E-state index contributed by atoms with van der Waals surface area (Å²) < 4.78 is 0. The topological polar surface area (TPSA) is 24.7 Å². The van der Waals surface area contributed by atoms with Gasteiger partial charge in [0.15, 0.2) is 0 Å². The molecule has 77 valence electrons. The van der Waals surface area contributed by atoms with Crippen LogP contribution in [0.5, 0.6) is 0 Å². The van der Waals surface area contributed by atoms with E-state index in [1.807, 2.05) is 20.8 Å². The summed E-state index contributed by atoms with van der Waals surface area (Å²) in [6, 6.07) is 0. The van der Waals surface area contributed by atoms with E-state index in [-0.39, 0.29) is 40.1 Å². The van der Waals surface area contributed by atoms with Crippen molar-refractivity contribution in [3.05, 3.63) is 39.4 Å². The van der Waals surface area contributed by atoms with Crippen molar-refractivity contribution in [2.75, 3.05) is 0 Å². The first kappa shape index (κ1) is 29.2. The molecule has 2 nitrogen and oxygen atoms in total. The van der Waals surface area contributed by atoms with Gasteiger partial charge in [-0.15, -0.1) is 0 Å². The zero-order valence-corrected chi connectivity index (χ0v) is 12.5. The fourth-order valence-electron chi connectivity index (χ4n) is 0.152. The van der Waals surface area contributed by atoms with Gasteiger partial charge < -0.3 is 14.4 Å². The van der Waals surface area contributed by atoms with E-state index in [0.29, 0.717) is 0 Å². The van der Waals surface area contributed by atoms with Gasteiger partial charge in [-0.1, -0.05) is 26.5 Å². The van der Waals surface area contributed by atoms with Gasteiger partial charge in [0.2, 0.25) is 0 Å². The Bertz CT molecular complexity index is 99.1. The second-order valence-electron chi connectivity index (χ2n) is 0.896. The molecule has 0 aliphatic rings. The number of rotatable bonds is 2. The normalized spacial score (nSPS) is 6.85. The Kier molecular flexibility index (Phi) is 127. The van der Waals surface area contributed by atoms with E-state index in [4.69, 9.17) is 0 Å². The number of nitrogens with zero attached hydrogens (tertiary/aromatic N) is 2. The van der Waals surface area contributed by atoms with Crippen molar-refractivity contribution in [1.29, 1.82) is 0 Å². The van der Waals surface area contributed by atoms with E-state index < -0.39 is 0 Å². The molecule has 0 rings (SSSR count). The van der Waals surface area contributed by atoms with Crippen LogP contribution in [0.3, 0.4) is 0 Å². The van der Waals surface area contributed by atoms with Gasteiger partial charge in [0.05, 0.1) is 0 Å². The molecule has 0 N–H and O–H groups in total. The average molecular weight is 259 g/mol. The maximum Gasteiger partial charge on any atom is 0.0452 e. The summed E-state index contributed by atoms with van der Waals surface area (Å²) in [6.45, 7) is 14.2. The molecule has 13 heavy (non-hydrogen) atoms. The minimum atomic E-state index is 0. The van der Waals surface area contributed by atoms with Crippen LogP contribution < -0.4 is 0 Å². The van der Waals surface area contributed by atoms with E-state index in [9.17, 15) is 0 Å². The molecule has 0 bridgehead atoms. The fraction of sp³-hybridized carbons (Fsp3) is 0.400. The fourth-order valence-corrected chi connectivity index (χ4v) is 0.152. The Hall–Kier alpha value is 0.184. The second kappa shape index (κ2) is 56.7. The molecule has 0 atom stereocenters. The molecule has 0 aromatic heterocycles. The van der Waals surface area contributed by atoms with E-state index in [1.54, 1.807) is 19.2 Å². The Labute approximate surface area is 109 Å². The van der Waals surface area contributed by atoms with Crippen molar-refractivity contribution in [2.45, 2.75) is 27.7 Å². The molecule has 1 radical (unpaired) electrons. The average Bonchev–Trinajstić information content (AvgIpc) is 2.13. The minimum absolute atomic E-state index is 0. The van der Waals surface area contributed by atoms with Crippen molar-refractivity contribution in [1.82, 2.24) is 0 Å². The van der Waals surface area contributed by atoms with Gasteiger partial charge in [-0.2, -0.15) is 17.2 Å². The number of hydrogen-bond acceptors (Lipinski definition) is 2. The van der Waals surface area contributed by atoms with Crippen molar-refractivity contribution in [3.8, 4) is 0 Å². The van der Waals surface area contributed by atoms with E-state index >= 15 is 0 Å². The molecule has 0 aromatic rings. The van der Waals surface area contributed by atoms with Gasteiger partial charge in [-0.3, -0.25) is 0 Å². The quantitative estimate of drug-likeness (QED) is 0.517. The maximum absolute atomic E-state index is 3.53. The van der Waals surface area contributed by atoms with Gasteiger partial charge in [0.1, 0.15) is 0 Å². The minimum Gasteiger partial charge on any atom is -0.358 e. The Balaban J connectivity index is -0.0000000315. The SMILES string of the molecule is C=CN=NC=CC.CC.[CH2-]C.[CH3-].[Y]. The summed E-state index contributed by atoms with van der Waals surface area (Å²) >= 11 is 0. The maximum atomic E-state index is 3.53. The Morgan fingerprint density at radius 3 is 1.77 bits per heavy atom. The number of azo groups is 1. The summed E-state index contributed by atoms with van der Waals surface area (Å²) in [5.74, 6) is 0. The van der Waals surface area contributed by atoms with Crippen LogP contribution in [0, 0.1) is 14.4 Å². The molecule has 3 heteroatoms. The smallest absolute Gasteiger partial charge is 0.0452 e. The third-order valence-electron chi connectivity index (χ3n) is 0.364. The van der Waals surface area contributed by atoms with Crippen LogP contribution in [-0.2, 0) is 32.7 Å². The number of hydrogen-bond donors (Lipinski definition) is 0. The van der Waals surface area contributed by atoms with Gasteiger partial charge in [0.25, 0.3) is 0 Å². The summed E-state index contributed by atoms with van der Waals surface area (Å²) in [5.41, 5.74) is 0. The Morgan fingerprint density at radius 2 is 1.54 bits per heavy atom. The van der Waals surface area contributed by atoms with Gasteiger partial charge >= 0.3 is 0 Å². The van der Waals surface area contributed by atoms with Gasteiger partial charge in [-0.05, 0) is 6.92 Å². The standard InChI is InChI=1S/C5H8N2.C2H6.C2H5.CH3.Y/c1-3-5-7-6-4-2;2*1-2;;/h3-5H,2H2,1H3;1-2H3;1H2,2H3;1H3;/q;;2*-1;. The Morgan fingerprint density at radius 1 is 1.15 bits per heavy atom. The molecule has 0 aliphatic carbocycles. The first-order chi connectivity index (χ1) is 5.41. The van der Waals surface area contributed by atoms with Crippen molar-refractivity contribution in [3.63, 3.8) is 0 Å². The molecule has 0 fully saturated rings. The summed E-state index contributed by atoms with van der Waals surface area (Å²) in [7, 11) is 0. The van der Waals surface area contributed by atoms with Crippen LogP contribution >= 0.6 is 0 Å². The first-order valence-corrected chi connectivity index (χ1v) is 3.74. The zero-order valence-electron chi connectivity index (χ0n) is 9.62. The molecular formula is C10H22N2Y-2. The molecular weight excluding hydrogens is 237 g/mol. The second-order valence-corrected chi connectivity index (χ2v) is 0.896. The zero-order chi connectivity index (χ0) is 9.54.